The topological polar surface area (TPSA) is 6.48 Å². The molecule has 0 spiro atoms. The van der Waals surface area contributed by atoms with Crippen molar-refractivity contribution >= 4 is 22.7 Å². The van der Waals surface area contributed by atoms with E-state index in [9.17, 15) is 0 Å². The third kappa shape index (κ3) is 6.86. The monoisotopic (exact) mass is 504 g/mol. The van der Waals surface area contributed by atoms with Crippen LogP contribution >= 0.6 is 0 Å². The predicted molar refractivity (Wildman–Crippen MR) is 167 cm³/mol. The summed E-state index contributed by atoms with van der Waals surface area (Å²) >= 11 is 0. The van der Waals surface area contributed by atoms with Gasteiger partial charge in [-0.1, -0.05) is 100 Å². The maximum Gasteiger partial charge on any atom is 0.0413 e. The molecule has 198 valence electrons. The third-order valence-corrected chi connectivity index (χ3v) is 7.53. The van der Waals surface area contributed by atoms with Gasteiger partial charge in [-0.3, -0.25) is 0 Å². The lowest BCUT2D eigenvalue weighted by atomic mass is 10.0. The molecule has 0 aliphatic rings. The van der Waals surface area contributed by atoms with Crippen LogP contribution in [0.1, 0.15) is 66.2 Å². The molecule has 0 amide bonds. The van der Waals surface area contributed by atoms with E-state index in [1.165, 1.54) is 72.4 Å². The second-order valence-electron chi connectivity index (χ2n) is 10.5. The number of para-hydroxylation sites is 2. The highest BCUT2D eigenvalue weighted by molar-refractivity contribution is 5.73. The van der Waals surface area contributed by atoms with Crippen LogP contribution in [0.15, 0.2) is 109 Å². The molecule has 2 atom stereocenters. The lowest BCUT2D eigenvalue weighted by molar-refractivity contribution is 0.602. The smallest absolute Gasteiger partial charge is 0.0413 e. The molecule has 2 nitrogen and oxygen atoms in total. The minimum atomic E-state index is 0.446. The Morgan fingerprint density at radius 2 is 0.763 bits per heavy atom. The summed E-state index contributed by atoms with van der Waals surface area (Å²) in [4.78, 5) is 4.97. The van der Waals surface area contributed by atoms with Crippen molar-refractivity contribution < 1.29 is 0 Å². The molecule has 0 radical (unpaired) electrons. The van der Waals surface area contributed by atoms with Crippen LogP contribution in [0.3, 0.4) is 0 Å². The molecule has 0 aliphatic heterocycles. The summed E-state index contributed by atoms with van der Waals surface area (Å²) in [6.45, 7) is 9.22. The van der Waals surface area contributed by atoms with E-state index in [4.69, 9.17) is 0 Å². The van der Waals surface area contributed by atoms with Crippen LogP contribution in [0.5, 0.6) is 0 Å². The molecule has 0 N–H and O–H groups in total. The Kier molecular flexibility index (Phi) is 10.0. The average Bonchev–Trinajstić information content (AvgIpc) is 2.97. The van der Waals surface area contributed by atoms with E-state index in [-0.39, 0.29) is 0 Å². The third-order valence-electron chi connectivity index (χ3n) is 7.53. The highest BCUT2D eigenvalue weighted by Crippen LogP contribution is 2.34. The molecule has 0 bridgehead atoms. The molecule has 0 saturated heterocycles. The summed E-state index contributed by atoms with van der Waals surface area (Å²) in [6, 6.07) is 40.7. The van der Waals surface area contributed by atoms with Crippen LogP contribution in [0.2, 0.25) is 0 Å². The summed E-state index contributed by atoms with van der Waals surface area (Å²) in [5.74, 6) is 0. The quantitative estimate of drug-likeness (QED) is 0.179. The van der Waals surface area contributed by atoms with Crippen LogP contribution in [0.4, 0.5) is 22.7 Å². The summed E-state index contributed by atoms with van der Waals surface area (Å²) in [5, 5.41) is 0. The van der Waals surface area contributed by atoms with Crippen molar-refractivity contribution in [1.29, 1.82) is 0 Å². The van der Waals surface area contributed by atoms with Crippen molar-refractivity contribution in [2.75, 3.05) is 9.80 Å². The van der Waals surface area contributed by atoms with E-state index < -0.39 is 0 Å². The molecule has 0 aliphatic carbocycles. The maximum absolute atomic E-state index is 2.48. The molecular formula is C36H44N2. The first-order chi connectivity index (χ1) is 18.6. The van der Waals surface area contributed by atoms with Crippen molar-refractivity contribution in [2.45, 2.75) is 78.3 Å². The zero-order chi connectivity index (χ0) is 26.7. The largest absolute Gasteiger partial charge is 0.339 e. The van der Waals surface area contributed by atoms with Crippen molar-refractivity contribution in [1.82, 2.24) is 0 Å². The van der Waals surface area contributed by atoms with E-state index in [2.05, 4.69) is 147 Å². The van der Waals surface area contributed by atoms with Crippen LogP contribution in [-0.4, -0.2) is 12.1 Å². The van der Waals surface area contributed by atoms with E-state index in [0.717, 1.165) is 0 Å². The van der Waals surface area contributed by atoms with Crippen LogP contribution in [0, 0.1) is 0 Å². The molecule has 4 aromatic rings. The fraction of sp³-hybridized carbons (Fsp3) is 0.333. The number of nitrogens with zero attached hydrogens (tertiary/aromatic N) is 2. The summed E-state index contributed by atoms with van der Waals surface area (Å²) in [5.41, 5.74) is 7.51. The first kappa shape index (κ1) is 27.5. The molecule has 38 heavy (non-hydrogen) atoms. The molecule has 0 heterocycles. The molecule has 2 heteroatoms. The highest BCUT2D eigenvalue weighted by atomic mass is 15.2. The van der Waals surface area contributed by atoms with Gasteiger partial charge in [-0.2, -0.15) is 0 Å². The molecule has 4 aromatic carbocycles. The van der Waals surface area contributed by atoms with Gasteiger partial charge in [0.05, 0.1) is 0 Å². The van der Waals surface area contributed by atoms with Gasteiger partial charge in [-0.05, 0) is 86.3 Å². The van der Waals surface area contributed by atoms with Gasteiger partial charge >= 0.3 is 0 Å². The molecule has 0 aromatic heterocycles. The normalized spacial score (nSPS) is 12.6. The van der Waals surface area contributed by atoms with E-state index in [0.29, 0.717) is 12.1 Å². The number of benzene rings is 4. The fourth-order valence-corrected chi connectivity index (χ4v) is 5.38. The minimum Gasteiger partial charge on any atom is -0.339 e. The number of rotatable bonds is 13. The Hall–Kier alpha value is -3.52. The average molecular weight is 505 g/mol. The van der Waals surface area contributed by atoms with Crippen molar-refractivity contribution in [3.05, 3.63) is 109 Å². The van der Waals surface area contributed by atoms with Crippen molar-refractivity contribution in [3.8, 4) is 11.1 Å². The van der Waals surface area contributed by atoms with E-state index >= 15 is 0 Å². The Balaban J connectivity index is 1.57. The standard InChI is InChI=1S/C36H44N2/c1-5-7-15-29(3)37(33-17-11-9-12-18-33)35-25-21-31(22-26-35)32-23-27-36(28-24-32)38(30(4)16-8-6-2)34-19-13-10-14-20-34/h9-14,17-30H,5-8,15-16H2,1-4H3. The van der Waals surface area contributed by atoms with Gasteiger partial charge < -0.3 is 9.80 Å². The lowest BCUT2D eigenvalue weighted by Crippen LogP contribution is -2.28. The fourth-order valence-electron chi connectivity index (χ4n) is 5.38. The van der Waals surface area contributed by atoms with Gasteiger partial charge in [0.25, 0.3) is 0 Å². The number of hydrogen-bond donors (Lipinski definition) is 0. The van der Waals surface area contributed by atoms with Gasteiger partial charge in [0.15, 0.2) is 0 Å². The zero-order valence-electron chi connectivity index (χ0n) is 23.7. The molecule has 4 rings (SSSR count). The predicted octanol–water partition coefficient (Wildman–Crippen LogP) is 10.8. The maximum atomic E-state index is 2.48. The van der Waals surface area contributed by atoms with E-state index in [1.54, 1.807) is 0 Å². The van der Waals surface area contributed by atoms with Crippen molar-refractivity contribution in [3.63, 3.8) is 0 Å². The van der Waals surface area contributed by atoms with Gasteiger partial charge in [0.1, 0.15) is 0 Å². The SMILES string of the molecule is CCCCC(C)N(c1ccccc1)c1ccc(-c2ccc(N(c3ccccc3)C(C)CCCC)cc2)cc1. The highest BCUT2D eigenvalue weighted by Gasteiger charge is 2.18. The van der Waals surface area contributed by atoms with Crippen LogP contribution in [-0.2, 0) is 0 Å². The molecule has 0 fully saturated rings. The molecule has 0 saturated carbocycles. The Bertz CT molecular complexity index is 1100. The van der Waals surface area contributed by atoms with Crippen LogP contribution < -0.4 is 9.80 Å². The molecule has 2 unspecified atom stereocenters. The Labute approximate surface area is 231 Å². The second kappa shape index (κ2) is 13.9. The summed E-state index contributed by atoms with van der Waals surface area (Å²) in [6.07, 6.45) is 7.30. The first-order valence-electron chi connectivity index (χ1n) is 14.5. The Morgan fingerprint density at radius 3 is 1.08 bits per heavy atom. The minimum absolute atomic E-state index is 0.446. The van der Waals surface area contributed by atoms with Gasteiger partial charge in [0.2, 0.25) is 0 Å². The summed E-state index contributed by atoms with van der Waals surface area (Å²) in [7, 11) is 0. The first-order valence-corrected chi connectivity index (χ1v) is 14.5. The van der Waals surface area contributed by atoms with Gasteiger partial charge in [0, 0.05) is 34.8 Å². The van der Waals surface area contributed by atoms with E-state index in [1.807, 2.05) is 0 Å². The summed E-state index contributed by atoms with van der Waals surface area (Å²) < 4.78 is 0. The number of unbranched alkanes of at least 4 members (excludes halogenated alkanes) is 2. The zero-order valence-corrected chi connectivity index (χ0v) is 23.7. The van der Waals surface area contributed by atoms with Crippen LogP contribution in [0.25, 0.3) is 11.1 Å². The van der Waals surface area contributed by atoms with Gasteiger partial charge in [-0.25, -0.2) is 0 Å². The second-order valence-corrected chi connectivity index (χ2v) is 10.5. The van der Waals surface area contributed by atoms with Gasteiger partial charge in [-0.15, -0.1) is 0 Å². The molecular weight excluding hydrogens is 460 g/mol. The Morgan fingerprint density at radius 1 is 0.447 bits per heavy atom. The lowest BCUT2D eigenvalue weighted by Gasteiger charge is -2.32. The number of hydrogen-bond acceptors (Lipinski definition) is 2. The van der Waals surface area contributed by atoms with Crippen molar-refractivity contribution in [2.24, 2.45) is 0 Å². The number of anilines is 4.